The summed E-state index contributed by atoms with van der Waals surface area (Å²) in [6.45, 7) is -0.750. The number of benzene rings is 2. The molecule has 0 spiro atoms. The Morgan fingerprint density at radius 2 is 1.62 bits per heavy atom. The number of hydrogen-bond acceptors (Lipinski definition) is 10. The lowest BCUT2D eigenvalue weighted by Gasteiger charge is -2.39. The van der Waals surface area contributed by atoms with Crippen LogP contribution < -0.4 is 10.1 Å². The molecule has 34 heavy (non-hydrogen) atoms. The molecule has 1 heterocycles. The van der Waals surface area contributed by atoms with E-state index in [1.54, 1.807) is 36.4 Å². The third-order valence-electron chi connectivity index (χ3n) is 5.30. The highest BCUT2D eigenvalue weighted by atomic mass is 16.7. The third-order valence-corrected chi connectivity index (χ3v) is 5.30. The predicted molar refractivity (Wildman–Crippen MR) is 117 cm³/mol. The van der Waals surface area contributed by atoms with Crippen LogP contribution in [0.15, 0.2) is 42.5 Å². The van der Waals surface area contributed by atoms with Gasteiger partial charge in [0.25, 0.3) is 5.91 Å². The largest absolute Gasteiger partial charge is 0.465 e. The second-order valence-corrected chi connectivity index (χ2v) is 7.61. The van der Waals surface area contributed by atoms with Crippen molar-refractivity contribution < 1.29 is 49.3 Å². The fraction of sp³-hybridized carbons (Fsp3) is 0.391. The number of aliphatic hydroxyl groups is 5. The van der Waals surface area contributed by atoms with Gasteiger partial charge in [0.2, 0.25) is 6.29 Å². The van der Waals surface area contributed by atoms with E-state index in [1.807, 2.05) is 0 Å². The van der Waals surface area contributed by atoms with Crippen molar-refractivity contribution in [2.24, 2.45) is 0 Å². The number of hydrogen-bond donors (Lipinski definition) is 6. The predicted octanol–water partition coefficient (Wildman–Crippen LogP) is -0.959. The van der Waals surface area contributed by atoms with Crippen molar-refractivity contribution in [1.82, 2.24) is 5.32 Å². The molecule has 2 aromatic rings. The average molecular weight is 477 g/mol. The summed E-state index contributed by atoms with van der Waals surface area (Å²) in [4.78, 5) is 24.5. The van der Waals surface area contributed by atoms with Crippen LogP contribution in [-0.2, 0) is 9.47 Å². The molecule has 1 aliphatic rings. The highest BCUT2D eigenvalue weighted by Crippen LogP contribution is 2.28. The van der Waals surface area contributed by atoms with Gasteiger partial charge in [-0.1, -0.05) is 12.1 Å². The zero-order chi connectivity index (χ0) is 24.8. The highest BCUT2D eigenvalue weighted by Gasteiger charge is 2.44. The third kappa shape index (κ3) is 5.70. The molecule has 6 N–H and O–H groups in total. The van der Waals surface area contributed by atoms with Gasteiger partial charge >= 0.3 is 5.97 Å². The summed E-state index contributed by atoms with van der Waals surface area (Å²) < 4.78 is 15.7. The van der Waals surface area contributed by atoms with Crippen molar-refractivity contribution in [1.29, 1.82) is 0 Å². The second-order valence-electron chi connectivity index (χ2n) is 7.61. The number of ether oxygens (including phenoxy) is 3. The Bertz CT molecular complexity index is 994. The van der Waals surface area contributed by atoms with Crippen molar-refractivity contribution in [3.63, 3.8) is 0 Å². The van der Waals surface area contributed by atoms with Crippen LogP contribution in [0.2, 0.25) is 0 Å². The second kappa shape index (κ2) is 11.4. The zero-order valence-corrected chi connectivity index (χ0v) is 18.3. The Labute approximate surface area is 195 Å². The number of esters is 1. The van der Waals surface area contributed by atoms with Crippen molar-refractivity contribution in [3.8, 4) is 16.9 Å². The molecule has 184 valence electrons. The number of nitrogens with one attached hydrogen (secondary N) is 1. The van der Waals surface area contributed by atoms with Gasteiger partial charge in [-0.2, -0.15) is 0 Å². The van der Waals surface area contributed by atoms with E-state index in [9.17, 15) is 30.0 Å². The minimum absolute atomic E-state index is 0.0562. The molecule has 3 rings (SSSR count). The Hall–Kier alpha value is -3.06. The smallest absolute Gasteiger partial charge is 0.337 e. The SMILES string of the molecule is COC(=O)c1cc(C(=O)NCCO)cc(-c2ccc(OC3OC(CO)C(O)C(O)C3O)cc2)c1. The van der Waals surface area contributed by atoms with Gasteiger partial charge in [0, 0.05) is 12.1 Å². The standard InChI is InChI=1S/C23H27NO10/c1-32-22(31)15-9-13(8-14(10-15)21(30)24-6-7-25)12-2-4-16(5-3-12)33-23-20(29)19(28)18(27)17(11-26)34-23/h2-5,8-10,17-20,23,25-29H,6-7,11H2,1H3,(H,24,30). The van der Waals surface area contributed by atoms with Crippen LogP contribution in [0.3, 0.4) is 0 Å². The first-order valence-corrected chi connectivity index (χ1v) is 10.5. The maximum Gasteiger partial charge on any atom is 0.337 e. The highest BCUT2D eigenvalue weighted by molar-refractivity contribution is 5.99. The van der Waals surface area contributed by atoms with E-state index in [0.717, 1.165) is 0 Å². The maximum atomic E-state index is 12.4. The number of carbonyl (C=O) groups is 2. The van der Waals surface area contributed by atoms with Crippen LogP contribution in [0.4, 0.5) is 0 Å². The molecule has 1 amide bonds. The van der Waals surface area contributed by atoms with Gasteiger partial charge in [0.05, 0.1) is 25.9 Å². The normalized spacial score (nSPS) is 24.4. The Balaban J connectivity index is 1.83. The van der Waals surface area contributed by atoms with Crippen LogP contribution in [-0.4, -0.2) is 95.0 Å². The monoisotopic (exact) mass is 477 g/mol. The van der Waals surface area contributed by atoms with Crippen LogP contribution in [0.25, 0.3) is 11.1 Å². The molecule has 11 heteroatoms. The summed E-state index contributed by atoms with van der Waals surface area (Å²) >= 11 is 0. The molecule has 0 aliphatic carbocycles. The number of aliphatic hydroxyl groups excluding tert-OH is 5. The summed E-state index contributed by atoms with van der Waals surface area (Å²) in [5, 5.41) is 50.6. The Morgan fingerprint density at radius 3 is 2.24 bits per heavy atom. The van der Waals surface area contributed by atoms with Gasteiger partial charge in [-0.25, -0.2) is 4.79 Å². The fourth-order valence-electron chi connectivity index (χ4n) is 3.46. The van der Waals surface area contributed by atoms with Crippen LogP contribution in [0, 0.1) is 0 Å². The summed E-state index contributed by atoms with van der Waals surface area (Å²) in [5.74, 6) is -0.831. The summed E-state index contributed by atoms with van der Waals surface area (Å²) in [5.41, 5.74) is 1.53. The number of carbonyl (C=O) groups excluding carboxylic acids is 2. The van der Waals surface area contributed by atoms with Gasteiger partial charge in [0.15, 0.2) is 0 Å². The lowest BCUT2D eigenvalue weighted by molar-refractivity contribution is -0.277. The van der Waals surface area contributed by atoms with Gasteiger partial charge < -0.3 is 45.1 Å². The van der Waals surface area contributed by atoms with E-state index in [4.69, 9.17) is 19.3 Å². The lowest BCUT2D eigenvalue weighted by Crippen LogP contribution is -2.60. The van der Waals surface area contributed by atoms with E-state index >= 15 is 0 Å². The van der Waals surface area contributed by atoms with E-state index < -0.39 is 49.2 Å². The van der Waals surface area contributed by atoms with Gasteiger partial charge in [0.1, 0.15) is 30.2 Å². The maximum absolute atomic E-state index is 12.4. The van der Waals surface area contributed by atoms with Gasteiger partial charge in [-0.05, 0) is 41.5 Å². The number of amides is 1. The number of methoxy groups -OCH3 is 1. The molecular weight excluding hydrogens is 450 g/mol. The van der Waals surface area contributed by atoms with Crippen molar-refractivity contribution >= 4 is 11.9 Å². The Morgan fingerprint density at radius 1 is 0.941 bits per heavy atom. The molecule has 2 aromatic carbocycles. The average Bonchev–Trinajstić information content (AvgIpc) is 2.87. The number of rotatable bonds is 8. The van der Waals surface area contributed by atoms with Crippen molar-refractivity contribution in [2.75, 3.05) is 26.9 Å². The molecule has 0 radical (unpaired) electrons. The fourth-order valence-corrected chi connectivity index (χ4v) is 3.46. The first-order valence-electron chi connectivity index (χ1n) is 10.5. The van der Waals surface area contributed by atoms with Crippen molar-refractivity contribution in [2.45, 2.75) is 30.7 Å². The molecule has 1 saturated heterocycles. The van der Waals surface area contributed by atoms with Gasteiger partial charge in [-0.15, -0.1) is 0 Å². The van der Waals surface area contributed by atoms with Crippen molar-refractivity contribution in [3.05, 3.63) is 53.6 Å². The minimum Gasteiger partial charge on any atom is -0.465 e. The molecule has 1 aliphatic heterocycles. The molecule has 11 nitrogen and oxygen atoms in total. The first-order chi connectivity index (χ1) is 16.3. The van der Waals surface area contributed by atoms with E-state index in [1.165, 1.54) is 13.2 Å². The van der Waals surface area contributed by atoms with Crippen LogP contribution in [0.5, 0.6) is 5.75 Å². The topological polar surface area (TPSA) is 175 Å². The molecular formula is C23H27NO10. The molecule has 0 saturated carbocycles. The van der Waals surface area contributed by atoms with Crippen LogP contribution >= 0.6 is 0 Å². The van der Waals surface area contributed by atoms with E-state index in [2.05, 4.69) is 5.32 Å². The Kier molecular flexibility index (Phi) is 8.56. The molecule has 5 atom stereocenters. The minimum atomic E-state index is -1.56. The first kappa shape index (κ1) is 25.6. The molecule has 0 bridgehead atoms. The van der Waals surface area contributed by atoms with E-state index in [0.29, 0.717) is 11.1 Å². The van der Waals surface area contributed by atoms with E-state index in [-0.39, 0.29) is 30.0 Å². The van der Waals surface area contributed by atoms with Crippen LogP contribution in [0.1, 0.15) is 20.7 Å². The quantitative estimate of drug-likeness (QED) is 0.260. The molecule has 1 fully saturated rings. The zero-order valence-electron chi connectivity index (χ0n) is 18.3. The summed E-state index contributed by atoms with van der Waals surface area (Å²) in [6.07, 6.45) is -7.03. The summed E-state index contributed by atoms with van der Waals surface area (Å²) in [7, 11) is 1.23. The van der Waals surface area contributed by atoms with Gasteiger partial charge in [-0.3, -0.25) is 4.79 Å². The molecule has 5 unspecified atom stereocenters. The summed E-state index contributed by atoms with van der Waals surface area (Å²) in [6, 6.07) is 10.9. The molecule has 0 aromatic heterocycles. The lowest BCUT2D eigenvalue weighted by atomic mass is 9.99.